The molecule has 0 aromatic carbocycles. The molecule has 0 saturated heterocycles. The van der Waals surface area contributed by atoms with Gasteiger partial charge in [-0.1, -0.05) is 17.8 Å². The predicted octanol–water partition coefficient (Wildman–Crippen LogP) is 2.21. The van der Waals surface area contributed by atoms with E-state index in [1.165, 1.54) is 0 Å². The molecule has 140 valence electrons. The highest BCUT2D eigenvalue weighted by atomic mass is 15.0. The Hall–Kier alpha value is -4.60. The normalized spacial score (nSPS) is 11.7. The smallest absolute Gasteiger partial charge is 0.210 e. The van der Waals surface area contributed by atoms with Crippen LogP contribution in [0.5, 0.6) is 0 Å². The van der Waals surface area contributed by atoms with E-state index in [4.69, 9.17) is 0 Å². The van der Waals surface area contributed by atoms with Crippen molar-refractivity contribution >= 4 is 6.21 Å². The lowest BCUT2D eigenvalue weighted by molar-refractivity contribution is 0.967. The first kappa shape index (κ1) is 18.7. The first-order valence-corrected chi connectivity index (χ1v) is 9.16. The Bertz CT molecular complexity index is 1220. The zero-order valence-corrected chi connectivity index (χ0v) is 15.9. The first-order valence-electron chi connectivity index (χ1n) is 9.16. The van der Waals surface area contributed by atoms with Crippen LogP contribution in [0, 0.1) is 35.5 Å². The molecule has 0 radical (unpaired) electrons. The number of aromatic nitrogens is 5. The van der Waals surface area contributed by atoms with Crippen molar-refractivity contribution in [2.24, 2.45) is 4.99 Å². The van der Waals surface area contributed by atoms with E-state index in [0.29, 0.717) is 17.5 Å². The van der Waals surface area contributed by atoms with Crippen LogP contribution in [0.25, 0.3) is 0 Å². The van der Waals surface area contributed by atoms with Crippen LogP contribution < -0.4 is 0 Å². The minimum atomic E-state index is 0.310. The van der Waals surface area contributed by atoms with Crippen molar-refractivity contribution in [3.8, 4) is 35.5 Å². The summed E-state index contributed by atoms with van der Waals surface area (Å²) in [6.07, 6.45) is 11.2. The average Bonchev–Trinajstić information content (AvgIpc) is 2.82. The molecule has 6 heteroatoms. The van der Waals surface area contributed by atoms with Crippen LogP contribution in [0.2, 0.25) is 0 Å². The van der Waals surface area contributed by atoms with Gasteiger partial charge in [-0.2, -0.15) is 15.0 Å². The first-order chi connectivity index (χ1) is 14.8. The van der Waals surface area contributed by atoms with Crippen molar-refractivity contribution in [2.75, 3.05) is 6.54 Å². The Morgan fingerprint density at radius 3 is 1.57 bits per heavy atom. The Labute approximate surface area is 174 Å². The molecule has 1 aliphatic heterocycles. The maximum absolute atomic E-state index is 4.36. The molecule has 0 amide bonds. The summed E-state index contributed by atoms with van der Waals surface area (Å²) in [6, 6.07) is 7.26. The van der Waals surface area contributed by atoms with Gasteiger partial charge in [0.05, 0.1) is 0 Å². The third-order valence-corrected chi connectivity index (χ3v) is 3.86. The molecule has 0 N–H and O–H groups in total. The van der Waals surface area contributed by atoms with E-state index >= 15 is 0 Å². The molecule has 0 bridgehead atoms. The molecule has 6 nitrogen and oxygen atoms in total. The number of dihydropyridines is 1. The summed E-state index contributed by atoms with van der Waals surface area (Å²) in [4.78, 5) is 25.2. The summed E-state index contributed by atoms with van der Waals surface area (Å²) < 4.78 is 0. The molecule has 1 aliphatic rings. The largest absolute Gasteiger partial charge is 0.293 e. The molecule has 0 saturated carbocycles. The molecule has 3 aromatic heterocycles. The van der Waals surface area contributed by atoms with E-state index in [1.807, 2.05) is 30.3 Å². The van der Waals surface area contributed by atoms with Crippen molar-refractivity contribution in [3.63, 3.8) is 0 Å². The molecule has 0 atom stereocenters. The number of aliphatic imine (C=N–C) groups is 1. The Morgan fingerprint density at radius 2 is 1.10 bits per heavy atom. The fraction of sp³-hybridized carbons (Fsp3) is 0.0833. The number of hydrogen-bond acceptors (Lipinski definition) is 6. The third kappa shape index (κ3) is 5.45. The van der Waals surface area contributed by atoms with Gasteiger partial charge in [0.25, 0.3) is 0 Å². The monoisotopic (exact) mass is 386 g/mol. The zero-order valence-electron chi connectivity index (χ0n) is 15.9. The highest BCUT2D eigenvalue weighted by molar-refractivity contribution is 5.74. The van der Waals surface area contributed by atoms with Crippen molar-refractivity contribution < 1.29 is 0 Å². The minimum Gasteiger partial charge on any atom is -0.293 e. The van der Waals surface area contributed by atoms with Gasteiger partial charge in [-0.15, -0.1) is 0 Å². The SMILES string of the molecule is C(#Cc1nc(C#Cc2ccncc2)nc(C#Cc2ccncc2)n1)C1=CC=NCC1. The van der Waals surface area contributed by atoms with Crippen LogP contribution in [0.1, 0.15) is 35.0 Å². The molecule has 30 heavy (non-hydrogen) atoms. The van der Waals surface area contributed by atoms with Crippen molar-refractivity contribution in [1.82, 2.24) is 24.9 Å². The van der Waals surface area contributed by atoms with E-state index in [-0.39, 0.29) is 0 Å². The van der Waals surface area contributed by atoms with Crippen LogP contribution in [0.4, 0.5) is 0 Å². The van der Waals surface area contributed by atoms with Crippen LogP contribution in [0.15, 0.2) is 65.7 Å². The molecule has 0 fully saturated rings. The Morgan fingerprint density at radius 1 is 0.600 bits per heavy atom. The quantitative estimate of drug-likeness (QED) is 0.554. The van der Waals surface area contributed by atoms with E-state index < -0.39 is 0 Å². The fourth-order valence-corrected chi connectivity index (χ4v) is 2.40. The number of nitrogens with zero attached hydrogens (tertiary/aromatic N) is 6. The Balaban J connectivity index is 1.69. The van der Waals surface area contributed by atoms with Crippen molar-refractivity contribution in [3.05, 3.63) is 89.3 Å². The zero-order chi connectivity index (χ0) is 20.4. The van der Waals surface area contributed by atoms with Gasteiger partial charge in [-0.25, -0.2) is 0 Å². The molecule has 0 aliphatic carbocycles. The minimum absolute atomic E-state index is 0.310. The topological polar surface area (TPSA) is 76.8 Å². The second-order valence-corrected chi connectivity index (χ2v) is 6.03. The highest BCUT2D eigenvalue weighted by Crippen LogP contribution is 2.04. The average molecular weight is 386 g/mol. The number of allylic oxidation sites excluding steroid dienone is 1. The summed E-state index contributed by atoms with van der Waals surface area (Å²) >= 11 is 0. The van der Waals surface area contributed by atoms with Gasteiger partial charge in [0, 0.05) is 54.2 Å². The van der Waals surface area contributed by atoms with Gasteiger partial charge in [0.2, 0.25) is 17.5 Å². The summed E-state index contributed by atoms with van der Waals surface area (Å²) in [5.41, 5.74) is 2.61. The van der Waals surface area contributed by atoms with Crippen LogP contribution in [-0.2, 0) is 0 Å². The lowest BCUT2D eigenvalue weighted by Crippen LogP contribution is -2.02. The summed E-state index contributed by atoms with van der Waals surface area (Å²) in [5, 5.41) is 0. The standard InChI is InChI=1S/C24H14N6/c1(19-7-13-25-14-8-19)4-22-28-23(5-2-20-9-15-26-16-10-20)30-24(29-22)6-3-21-11-17-27-18-12-21/h7-11,13-17H,12,18H2. The molecule has 0 spiro atoms. The van der Waals surface area contributed by atoms with Gasteiger partial charge in [0.15, 0.2) is 0 Å². The molecule has 3 aromatic rings. The van der Waals surface area contributed by atoms with Crippen LogP contribution in [-0.4, -0.2) is 37.7 Å². The van der Waals surface area contributed by atoms with E-state index in [1.54, 1.807) is 31.0 Å². The van der Waals surface area contributed by atoms with Gasteiger partial charge < -0.3 is 0 Å². The van der Waals surface area contributed by atoms with Crippen molar-refractivity contribution in [1.29, 1.82) is 0 Å². The van der Waals surface area contributed by atoms with E-state index in [2.05, 4.69) is 65.4 Å². The van der Waals surface area contributed by atoms with E-state index in [9.17, 15) is 0 Å². The number of pyridine rings is 2. The molecule has 0 unspecified atom stereocenters. The Kier molecular flexibility index (Phi) is 5.97. The van der Waals surface area contributed by atoms with Gasteiger partial charge in [-0.05, 0) is 54.5 Å². The highest BCUT2D eigenvalue weighted by Gasteiger charge is 2.02. The molecule has 4 heterocycles. The summed E-state index contributed by atoms with van der Waals surface area (Å²) in [6.45, 7) is 0.739. The second-order valence-electron chi connectivity index (χ2n) is 6.03. The molecular weight excluding hydrogens is 372 g/mol. The maximum Gasteiger partial charge on any atom is 0.210 e. The maximum atomic E-state index is 4.36. The fourth-order valence-electron chi connectivity index (χ4n) is 2.40. The lowest BCUT2D eigenvalue weighted by Gasteiger charge is -1.99. The lowest BCUT2D eigenvalue weighted by atomic mass is 10.1. The number of rotatable bonds is 0. The van der Waals surface area contributed by atoms with Crippen LogP contribution in [0.3, 0.4) is 0 Å². The second kappa shape index (κ2) is 9.55. The van der Waals surface area contributed by atoms with Crippen molar-refractivity contribution in [2.45, 2.75) is 6.42 Å². The van der Waals surface area contributed by atoms with Gasteiger partial charge >= 0.3 is 0 Å². The third-order valence-electron chi connectivity index (χ3n) is 3.86. The number of hydrogen-bond donors (Lipinski definition) is 0. The summed E-state index contributed by atoms with van der Waals surface area (Å²) in [5.74, 6) is 19.0. The van der Waals surface area contributed by atoms with E-state index in [0.717, 1.165) is 29.7 Å². The van der Waals surface area contributed by atoms with Gasteiger partial charge in [0.1, 0.15) is 0 Å². The van der Waals surface area contributed by atoms with Gasteiger partial charge in [-0.3, -0.25) is 15.0 Å². The predicted molar refractivity (Wildman–Crippen MR) is 113 cm³/mol. The molecule has 4 rings (SSSR count). The van der Waals surface area contributed by atoms with Crippen LogP contribution >= 0.6 is 0 Å². The molecular formula is C24H14N6. The summed E-state index contributed by atoms with van der Waals surface area (Å²) in [7, 11) is 0.